The molecule has 0 aliphatic carbocycles. The summed E-state index contributed by atoms with van der Waals surface area (Å²) in [5, 5.41) is 41.0. The van der Waals surface area contributed by atoms with Gasteiger partial charge in [-0.05, 0) is 49.9 Å². The van der Waals surface area contributed by atoms with Gasteiger partial charge >= 0.3 is 23.9 Å². The van der Waals surface area contributed by atoms with Gasteiger partial charge in [-0.15, -0.1) is 0 Å². The lowest BCUT2D eigenvalue weighted by atomic mass is 10.1. The molecule has 12 nitrogen and oxygen atoms in total. The Morgan fingerprint density at radius 2 is 1.56 bits per heavy atom. The van der Waals surface area contributed by atoms with Crippen molar-refractivity contribution in [3.05, 3.63) is 35.6 Å². The summed E-state index contributed by atoms with van der Waals surface area (Å²) in [7, 11) is 0. The van der Waals surface area contributed by atoms with Gasteiger partial charge < -0.3 is 26.0 Å². The molecule has 3 amide bonds. The van der Waals surface area contributed by atoms with Crippen LogP contribution in [0.2, 0.25) is 0 Å². The lowest BCUT2D eigenvalue weighted by Gasteiger charge is -2.22. The van der Waals surface area contributed by atoms with Gasteiger partial charge in [-0.1, -0.05) is 0 Å². The topological polar surface area (TPSA) is 194 Å². The molecular formula is C19H24FN3O9. The summed E-state index contributed by atoms with van der Waals surface area (Å²) < 4.78 is 12.9. The van der Waals surface area contributed by atoms with E-state index in [1.165, 1.54) is 12.1 Å². The summed E-state index contributed by atoms with van der Waals surface area (Å²) in [5.41, 5.74) is 0.0869. The van der Waals surface area contributed by atoms with Crippen molar-refractivity contribution in [1.82, 2.24) is 15.7 Å². The molecule has 0 bridgehead atoms. The molecule has 0 radical (unpaired) electrons. The molecule has 0 unspecified atom stereocenters. The van der Waals surface area contributed by atoms with Crippen LogP contribution in [0, 0.1) is 5.82 Å². The zero-order valence-corrected chi connectivity index (χ0v) is 16.9. The summed E-state index contributed by atoms with van der Waals surface area (Å²) in [6, 6.07) is 0.417. The van der Waals surface area contributed by atoms with Gasteiger partial charge in [0.05, 0.1) is 0 Å². The highest BCUT2D eigenvalue weighted by molar-refractivity contribution is 5.96. The third kappa shape index (κ3) is 8.95. The number of aliphatic carboxylic acids is 3. The molecule has 0 heterocycles. The van der Waals surface area contributed by atoms with Crippen LogP contribution in [0.5, 0.6) is 0 Å². The molecule has 0 saturated heterocycles. The maximum atomic E-state index is 12.9. The second-order valence-electron chi connectivity index (χ2n) is 6.73. The van der Waals surface area contributed by atoms with E-state index in [9.17, 15) is 38.7 Å². The molecule has 13 heteroatoms. The lowest BCUT2D eigenvalue weighted by Crippen LogP contribution is -2.48. The molecule has 1 rings (SSSR count). The lowest BCUT2D eigenvalue weighted by molar-refractivity contribution is -0.158. The number of carbonyl (C=O) groups is 5. The molecular weight excluding hydrogens is 433 g/mol. The monoisotopic (exact) mass is 457 g/mol. The Morgan fingerprint density at radius 1 is 0.938 bits per heavy atom. The molecule has 1 aromatic carbocycles. The Kier molecular flexibility index (Phi) is 10.6. The van der Waals surface area contributed by atoms with Crippen molar-refractivity contribution in [3.8, 4) is 0 Å². The van der Waals surface area contributed by atoms with Gasteiger partial charge in [0.15, 0.2) is 6.04 Å². The van der Waals surface area contributed by atoms with E-state index in [2.05, 4.69) is 10.6 Å². The molecule has 32 heavy (non-hydrogen) atoms. The van der Waals surface area contributed by atoms with Crippen LogP contribution in [0.3, 0.4) is 0 Å². The Morgan fingerprint density at radius 3 is 2.09 bits per heavy atom. The number of halogens is 1. The third-order valence-electron chi connectivity index (χ3n) is 4.33. The summed E-state index contributed by atoms with van der Waals surface area (Å²) in [6.45, 7) is -0.0423. The SMILES string of the molecule is O=C(O)CC[C@@H](C(=O)O)N(O)C(=O)NCCCC[C@H](NC(=O)c1ccc(F)cc1)C(=O)O. The van der Waals surface area contributed by atoms with Crippen molar-refractivity contribution in [2.75, 3.05) is 6.54 Å². The number of urea groups is 1. The van der Waals surface area contributed by atoms with E-state index < -0.39 is 60.6 Å². The summed E-state index contributed by atoms with van der Waals surface area (Å²) in [6.07, 6.45) is -0.572. The first-order valence-electron chi connectivity index (χ1n) is 9.52. The maximum Gasteiger partial charge on any atom is 0.341 e. The van der Waals surface area contributed by atoms with Gasteiger partial charge in [0.2, 0.25) is 0 Å². The average Bonchev–Trinajstić information content (AvgIpc) is 2.72. The minimum Gasteiger partial charge on any atom is -0.481 e. The first-order chi connectivity index (χ1) is 15.0. The number of carboxylic acid groups (broad SMARTS) is 3. The van der Waals surface area contributed by atoms with Crippen LogP contribution < -0.4 is 10.6 Å². The Hall–Kier alpha value is -3.74. The Balaban J connectivity index is 2.45. The molecule has 0 fully saturated rings. The van der Waals surface area contributed by atoms with Crippen LogP contribution in [0.15, 0.2) is 24.3 Å². The normalized spacial score (nSPS) is 12.3. The number of hydroxylamine groups is 2. The van der Waals surface area contributed by atoms with Gasteiger partial charge in [-0.3, -0.25) is 14.8 Å². The predicted molar refractivity (Wildman–Crippen MR) is 104 cm³/mol. The molecule has 1 aromatic rings. The fourth-order valence-corrected chi connectivity index (χ4v) is 2.60. The van der Waals surface area contributed by atoms with Crippen molar-refractivity contribution >= 4 is 29.8 Å². The molecule has 0 aliphatic rings. The summed E-state index contributed by atoms with van der Waals surface area (Å²) in [4.78, 5) is 56.9. The van der Waals surface area contributed by atoms with Crippen LogP contribution >= 0.6 is 0 Å². The van der Waals surface area contributed by atoms with Crippen LogP contribution in [0.4, 0.5) is 9.18 Å². The average molecular weight is 457 g/mol. The largest absolute Gasteiger partial charge is 0.481 e. The highest BCUT2D eigenvalue weighted by atomic mass is 19.1. The standard InChI is InChI=1S/C19H24FN3O9/c20-12-6-4-11(5-7-12)16(26)22-13(17(27)28)3-1-2-10-21-19(31)23(32)14(18(29)30)8-9-15(24)25/h4-7,13-14,32H,1-3,8-10H2,(H,21,31)(H,22,26)(H,24,25)(H,27,28)(H,29,30)/t13-,14-/m0/s1. The molecule has 176 valence electrons. The minimum atomic E-state index is -1.75. The van der Waals surface area contributed by atoms with Gasteiger partial charge in [0, 0.05) is 18.5 Å². The van der Waals surface area contributed by atoms with Gasteiger partial charge in [-0.2, -0.15) is 5.06 Å². The van der Waals surface area contributed by atoms with Crippen LogP contribution in [0.1, 0.15) is 42.5 Å². The summed E-state index contributed by atoms with van der Waals surface area (Å²) in [5.74, 6) is -5.39. The molecule has 0 spiro atoms. The highest BCUT2D eigenvalue weighted by Gasteiger charge is 2.29. The molecule has 0 aromatic heterocycles. The third-order valence-corrected chi connectivity index (χ3v) is 4.33. The fourth-order valence-electron chi connectivity index (χ4n) is 2.60. The van der Waals surface area contributed by atoms with Crippen molar-refractivity contribution in [2.24, 2.45) is 0 Å². The van der Waals surface area contributed by atoms with E-state index in [4.69, 9.17) is 10.2 Å². The number of nitrogens with zero attached hydrogens (tertiary/aromatic N) is 1. The van der Waals surface area contributed by atoms with Crippen LogP contribution in [0.25, 0.3) is 0 Å². The van der Waals surface area contributed by atoms with Crippen molar-refractivity contribution in [2.45, 2.75) is 44.2 Å². The van der Waals surface area contributed by atoms with E-state index in [1.807, 2.05) is 0 Å². The summed E-state index contributed by atoms with van der Waals surface area (Å²) >= 11 is 0. The van der Waals surface area contributed by atoms with E-state index in [-0.39, 0.29) is 36.4 Å². The second kappa shape index (κ2) is 12.8. The number of hydrogen-bond donors (Lipinski definition) is 6. The number of unbranched alkanes of at least 4 members (excludes halogenated alkanes) is 1. The first-order valence-corrected chi connectivity index (χ1v) is 9.52. The molecule has 0 aliphatic heterocycles. The minimum absolute atomic E-state index is 0.0113. The first kappa shape index (κ1) is 26.3. The van der Waals surface area contributed by atoms with Gasteiger partial charge in [-0.25, -0.2) is 18.8 Å². The van der Waals surface area contributed by atoms with Crippen LogP contribution in [-0.4, -0.2) is 74.1 Å². The van der Waals surface area contributed by atoms with E-state index in [0.717, 1.165) is 12.1 Å². The van der Waals surface area contributed by atoms with Gasteiger partial charge in [0.25, 0.3) is 5.91 Å². The molecule has 0 saturated carbocycles. The van der Waals surface area contributed by atoms with Crippen LogP contribution in [-0.2, 0) is 14.4 Å². The highest BCUT2D eigenvalue weighted by Crippen LogP contribution is 2.08. The number of amides is 3. The molecule has 2 atom stereocenters. The Bertz CT molecular complexity index is 832. The quantitative estimate of drug-likeness (QED) is 0.142. The number of rotatable bonds is 13. The Labute approximate surface area is 181 Å². The number of benzene rings is 1. The van der Waals surface area contributed by atoms with E-state index in [1.54, 1.807) is 0 Å². The smallest absolute Gasteiger partial charge is 0.341 e. The van der Waals surface area contributed by atoms with Crippen molar-refractivity contribution in [1.29, 1.82) is 0 Å². The second-order valence-corrected chi connectivity index (χ2v) is 6.73. The predicted octanol–water partition coefficient (Wildman–Crippen LogP) is 0.898. The van der Waals surface area contributed by atoms with Crippen molar-refractivity contribution in [3.63, 3.8) is 0 Å². The maximum absolute atomic E-state index is 12.9. The fraction of sp³-hybridized carbons (Fsp3) is 0.421. The van der Waals surface area contributed by atoms with E-state index in [0.29, 0.717) is 0 Å². The number of nitrogens with one attached hydrogen (secondary N) is 2. The van der Waals surface area contributed by atoms with Crippen molar-refractivity contribution < 1.29 is 48.9 Å². The zero-order valence-electron chi connectivity index (χ0n) is 16.9. The molecule has 6 N–H and O–H groups in total. The number of carbonyl (C=O) groups excluding carboxylic acids is 2. The zero-order chi connectivity index (χ0) is 24.3. The van der Waals surface area contributed by atoms with Gasteiger partial charge in [0.1, 0.15) is 11.9 Å². The number of carboxylic acids is 3. The van der Waals surface area contributed by atoms with E-state index >= 15 is 0 Å². The number of hydrogen-bond acceptors (Lipinski definition) is 6.